The van der Waals surface area contributed by atoms with E-state index in [-0.39, 0.29) is 11.7 Å². The van der Waals surface area contributed by atoms with Crippen LogP contribution < -0.4 is 0 Å². The standard InChI is InChI=1S/C14H23NO4/c1-5-8-17-9-7-11-15-12(10(3)4)13(19-11)14(16)18-6-2/h10H,5-9H2,1-4H3. The lowest BCUT2D eigenvalue weighted by atomic mass is 10.1. The van der Waals surface area contributed by atoms with Crippen LogP contribution in [0.15, 0.2) is 4.42 Å². The third kappa shape index (κ3) is 4.67. The minimum absolute atomic E-state index is 0.119. The van der Waals surface area contributed by atoms with Crippen LogP contribution in [0.4, 0.5) is 0 Å². The van der Waals surface area contributed by atoms with Gasteiger partial charge in [-0.2, -0.15) is 0 Å². The van der Waals surface area contributed by atoms with Gasteiger partial charge in [0.25, 0.3) is 0 Å². The van der Waals surface area contributed by atoms with Gasteiger partial charge in [-0.1, -0.05) is 20.8 Å². The van der Waals surface area contributed by atoms with Gasteiger partial charge < -0.3 is 13.9 Å². The van der Waals surface area contributed by atoms with Crippen molar-refractivity contribution in [3.8, 4) is 0 Å². The van der Waals surface area contributed by atoms with Gasteiger partial charge in [0.05, 0.1) is 18.9 Å². The Morgan fingerprint density at radius 2 is 2.05 bits per heavy atom. The molecule has 0 N–H and O–H groups in total. The molecule has 1 aromatic heterocycles. The van der Waals surface area contributed by atoms with Gasteiger partial charge in [-0.15, -0.1) is 0 Å². The lowest BCUT2D eigenvalue weighted by Crippen LogP contribution is -2.07. The molecule has 0 radical (unpaired) electrons. The largest absolute Gasteiger partial charge is 0.460 e. The van der Waals surface area contributed by atoms with Gasteiger partial charge in [0.15, 0.2) is 5.89 Å². The van der Waals surface area contributed by atoms with Gasteiger partial charge in [-0.05, 0) is 19.3 Å². The predicted octanol–water partition coefficient (Wildman–Crippen LogP) is 2.94. The average molecular weight is 269 g/mol. The first-order chi connectivity index (χ1) is 9.10. The number of oxazole rings is 1. The molecule has 0 amide bonds. The lowest BCUT2D eigenvalue weighted by Gasteiger charge is -2.02. The maximum absolute atomic E-state index is 11.8. The molecule has 0 aliphatic carbocycles. The van der Waals surface area contributed by atoms with Crippen molar-refractivity contribution in [3.63, 3.8) is 0 Å². The van der Waals surface area contributed by atoms with E-state index in [2.05, 4.69) is 11.9 Å². The molecule has 0 fully saturated rings. The summed E-state index contributed by atoms with van der Waals surface area (Å²) in [6.45, 7) is 9.36. The average Bonchev–Trinajstić information content (AvgIpc) is 2.79. The Kier molecular flexibility index (Phi) is 6.56. The normalized spacial score (nSPS) is 11.0. The molecule has 0 atom stereocenters. The molecule has 0 aliphatic heterocycles. The first-order valence-corrected chi connectivity index (χ1v) is 6.84. The van der Waals surface area contributed by atoms with Crippen LogP contribution in [0.2, 0.25) is 0 Å². The van der Waals surface area contributed by atoms with E-state index in [0.717, 1.165) is 13.0 Å². The Morgan fingerprint density at radius 3 is 2.63 bits per heavy atom. The van der Waals surface area contributed by atoms with E-state index in [1.807, 2.05) is 13.8 Å². The highest BCUT2D eigenvalue weighted by molar-refractivity contribution is 5.87. The van der Waals surface area contributed by atoms with Crippen LogP contribution in [-0.2, 0) is 15.9 Å². The first kappa shape index (κ1) is 15.7. The molecule has 5 nitrogen and oxygen atoms in total. The molecule has 1 heterocycles. The van der Waals surface area contributed by atoms with Gasteiger partial charge in [0.1, 0.15) is 0 Å². The Balaban J connectivity index is 2.73. The van der Waals surface area contributed by atoms with Crippen LogP contribution in [0.25, 0.3) is 0 Å². The molecule has 5 heteroatoms. The molecular weight excluding hydrogens is 246 g/mol. The van der Waals surface area contributed by atoms with Crippen molar-refractivity contribution in [2.75, 3.05) is 19.8 Å². The number of carbonyl (C=O) groups is 1. The number of aromatic nitrogens is 1. The van der Waals surface area contributed by atoms with Crippen LogP contribution in [0.5, 0.6) is 0 Å². The molecular formula is C14H23NO4. The second-order valence-electron chi connectivity index (χ2n) is 4.56. The number of rotatable bonds is 8. The molecule has 0 unspecified atom stereocenters. The number of carbonyl (C=O) groups excluding carboxylic acids is 1. The molecule has 0 saturated heterocycles. The van der Waals surface area contributed by atoms with Gasteiger partial charge in [0.2, 0.25) is 5.76 Å². The summed E-state index contributed by atoms with van der Waals surface area (Å²) in [6.07, 6.45) is 1.55. The molecule has 0 spiro atoms. The molecule has 1 rings (SSSR count). The number of hydrogen-bond acceptors (Lipinski definition) is 5. The Morgan fingerprint density at radius 1 is 1.32 bits per heavy atom. The SMILES string of the molecule is CCCOCCc1nc(C(C)C)c(C(=O)OCC)o1. The zero-order chi connectivity index (χ0) is 14.3. The monoisotopic (exact) mass is 269 g/mol. The van der Waals surface area contributed by atoms with Gasteiger partial charge in [-0.25, -0.2) is 9.78 Å². The highest BCUT2D eigenvalue weighted by atomic mass is 16.5. The molecule has 0 aliphatic rings. The third-order valence-corrected chi connectivity index (χ3v) is 2.51. The molecule has 19 heavy (non-hydrogen) atoms. The van der Waals surface area contributed by atoms with E-state index in [0.29, 0.717) is 31.2 Å². The summed E-state index contributed by atoms with van der Waals surface area (Å²) in [5, 5.41) is 0. The predicted molar refractivity (Wildman–Crippen MR) is 71.4 cm³/mol. The van der Waals surface area contributed by atoms with Crippen molar-refractivity contribution >= 4 is 5.97 Å². The van der Waals surface area contributed by atoms with Crippen LogP contribution >= 0.6 is 0 Å². The zero-order valence-corrected chi connectivity index (χ0v) is 12.2. The maximum atomic E-state index is 11.8. The highest BCUT2D eigenvalue weighted by Crippen LogP contribution is 2.21. The summed E-state index contributed by atoms with van der Waals surface area (Å²) in [6, 6.07) is 0. The van der Waals surface area contributed by atoms with E-state index in [1.54, 1.807) is 6.92 Å². The van der Waals surface area contributed by atoms with Crippen molar-refractivity contribution in [3.05, 3.63) is 17.3 Å². The molecule has 0 bridgehead atoms. The van der Waals surface area contributed by atoms with E-state index in [4.69, 9.17) is 13.9 Å². The van der Waals surface area contributed by atoms with Gasteiger partial charge in [-0.3, -0.25) is 0 Å². The Hall–Kier alpha value is -1.36. The van der Waals surface area contributed by atoms with Crippen LogP contribution in [-0.4, -0.2) is 30.8 Å². The minimum Gasteiger partial charge on any atom is -0.460 e. The third-order valence-electron chi connectivity index (χ3n) is 2.51. The number of hydrogen-bond donors (Lipinski definition) is 0. The van der Waals surface area contributed by atoms with Crippen molar-refractivity contribution < 1.29 is 18.7 Å². The second kappa shape index (κ2) is 7.94. The van der Waals surface area contributed by atoms with Crippen LogP contribution in [0, 0.1) is 0 Å². The molecule has 108 valence electrons. The summed E-state index contributed by atoms with van der Waals surface area (Å²) in [4.78, 5) is 16.1. The van der Waals surface area contributed by atoms with Crippen molar-refractivity contribution in [2.45, 2.75) is 46.5 Å². The van der Waals surface area contributed by atoms with Crippen LogP contribution in [0.1, 0.15) is 62.2 Å². The van der Waals surface area contributed by atoms with Gasteiger partial charge in [0, 0.05) is 13.0 Å². The summed E-state index contributed by atoms with van der Waals surface area (Å²) in [5.74, 6) is 0.429. The number of ether oxygens (including phenoxy) is 2. The van der Waals surface area contributed by atoms with E-state index < -0.39 is 5.97 Å². The first-order valence-electron chi connectivity index (χ1n) is 6.84. The van der Waals surface area contributed by atoms with Crippen molar-refractivity contribution in [1.82, 2.24) is 4.98 Å². The smallest absolute Gasteiger partial charge is 0.376 e. The lowest BCUT2D eigenvalue weighted by molar-refractivity contribution is 0.0484. The Bertz CT molecular complexity index is 398. The highest BCUT2D eigenvalue weighted by Gasteiger charge is 2.23. The van der Waals surface area contributed by atoms with Crippen molar-refractivity contribution in [1.29, 1.82) is 0 Å². The fourth-order valence-corrected chi connectivity index (χ4v) is 1.63. The summed E-state index contributed by atoms with van der Waals surface area (Å²) >= 11 is 0. The fourth-order valence-electron chi connectivity index (χ4n) is 1.63. The Labute approximate surface area is 114 Å². The fraction of sp³-hybridized carbons (Fsp3) is 0.714. The number of nitrogens with zero attached hydrogens (tertiary/aromatic N) is 1. The van der Waals surface area contributed by atoms with E-state index in [9.17, 15) is 4.79 Å². The minimum atomic E-state index is -0.445. The maximum Gasteiger partial charge on any atom is 0.376 e. The summed E-state index contributed by atoms with van der Waals surface area (Å²) < 4.78 is 15.9. The molecule has 1 aromatic rings. The zero-order valence-electron chi connectivity index (χ0n) is 12.2. The van der Waals surface area contributed by atoms with E-state index >= 15 is 0 Å². The summed E-state index contributed by atoms with van der Waals surface area (Å²) in [5.41, 5.74) is 0.656. The van der Waals surface area contributed by atoms with Gasteiger partial charge >= 0.3 is 5.97 Å². The number of esters is 1. The molecule has 0 aromatic carbocycles. The summed E-state index contributed by atoms with van der Waals surface area (Å²) in [7, 11) is 0. The second-order valence-corrected chi connectivity index (χ2v) is 4.56. The van der Waals surface area contributed by atoms with E-state index in [1.165, 1.54) is 0 Å². The molecule has 0 saturated carbocycles. The van der Waals surface area contributed by atoms with Crippen LogP contribution in [0.3, 0.4) is 0 Å². The topological polar surface area (TPSA) is 61.6 Å². The quantitative estimate of drug-likeness (QED) is 0.536. The van der Waals surface area contributed by atoms with Crippen molar-refractivity contribution in [2.24, 2.45) is 0 Å².